The Balaban J connectivity index is 1.64. The van der Waals surface area contributed by atoms with E-state index in [-0.39, 0.29) is 0 Å². The molecule has 0 aliphatic carbocycles. The highest BCUT2D eigenvalue weighted by Crippen LogP contribution is 2.26. The first-order valence-electron chi connectivity index (χ1n) is 7.94. The van der Waals surface area contributed by atoms with E-state index in [2.05, 4.69) is 35.1 Å². The van der Waals surface area contributed by atoms with Crippen LogP contribution in [0.15, 0.2) is 71.1 Å². The quantitative estimate of drug-likeness (QED) is 0.587. The summed E-state index contributed by atoms with van der Waals surface area (Å²) < 4.78 is 31.1. The lowest BCUT2D eigenvalue weighted by atomic mass is 10.0. The predicted molar refractivity (Wildman–Crippen MR) is 101 cm³/mol. The van der Waals surface area contributed by atoms with Crippen LogP contribution in [0, 0.1) is 0 Å². The van der Waals surface area contributed by atoms with Crippen LogP contribution in [0.1, 0.15) is 11.3 Å². The van der Waals surface area contributed by atoms with E-state index >= 15 is 0 Å². The van der Waals surface area contributed by atoms with Crippen LogP contribution in [0.5, 0.6) is 0 Å². The summed E-state index contributed by atoms with van der Waals surface area (Å²) in [6, 6.07) is 21.9. The number of sulfonamides is 1. The first kappa shape index (κ1) is 15.7. The van der Waals surface area contributed by atoms with Crippen LogP contribution in [-0.4, -0.2) is 14.7 Å². The third-order valence-electron chi connectivity index (χ3n) is 4.06. The van der Waals surface area contributed by atoms with Crippen LogP contribution >= 0.6 is 0 Å². The molecule has 0 radical (unpaired) electrons. The molecule has 0 unspecified atom stereocenters. The summed E-state index contributed by atoms with van der Waals surface area (Å²) in [5.41, 5.74) is 2.45. The Labute approximate surface area is 146 Å². The number of furan rings is 1. The molecule has 0 fully saturated rings. The molecule has 0 saturated heterocycles. The van der Waals surface area contributed by atoms with Crippen molar-refractivity contribution in [3.63, 3.8) is 0 Å². The Bertz CT molecular complexity index is 1180. The van der Waals surface area contributed by atoms with E-state index in [1.807, 2.05) is 18.2 Å². The molecular weight excluding hydrogens is 334 g/mol. The lowest BCUT2D eigenvalue weighted by Crippen LogP contribution is -2.09. The van der Waals surface area contributed by atoms with Gasteiger partial charge in [-0.05, 0) is 40.6 Å². The second-order valence-electron chi connectivity index (χ2n) is 6.20. The lowest BCUT2D eigenvalue weighted by molar-refractivity contribution is 0.563. The SMILES string of the molecule is CS(=O)(=O)Nc1ccc2oc(Cc3ccc4ccccc4c3)cc2c1. The molecule has 1 N–H and O–H groups in total. The number of anilines is 1. The average molecular weight is 351 g/mol. The van der Waals surface area contributed by atoms with Crippen molar-refractivity contribution >= 4 is 37.5 Å². The van der Waals surface area contributed by atoms with Crippen LogP contribution < -0.4 is 4.72 Å². The van der Waals surface area contributed by atoms with Crippen molar-refractivity contribution in [2.75, 3.05) is 11.0 Å². The molecule has 1 heterocycles. The van der Waals surface area contributed by atoms with Gasteiger partial charge in [0.05, 0.1) is 6.26 Å². The zero-order chi connectivity index (χ0) is 17.4. The summed E-state index contributed by atoms with van der Waals surface area (Å²) in [7, 11) is -3.29. The Morgan fingerprint density at radius 1 is 0.880 bits per heavy atom. The Kier molecular flexibility index (Phi) is 3.73. The largest absolute Gasteiger partial charge is 0.461 e. The van der Waals surface area contributed by atoms with Crippen molar-refractivity contribution in [2.24, 2.45) is 0 Å². The summed E-state index contributed by atoms with van der Waals surface area (Å²) >= 11 is 0. The predicted octanol–water partition coefficient (Wildman–Crippen LogP) is 4.55. The highest BCUT2D eigenvalue weighted by atomic mass is 32.2. The molecular formula is C20H17NO3S. The smallest absolute Gasteiger partial charge is 0.229 e. The molecule has 25 heavy (non-hydrogen) atoms. The van der Waals surface area contributed by atoms with E-state index in [0.29, 0.717) is 12.1 Å². The van der Waals surface area contributed by atoms with Crippen molar-refractivity contribution in [3.05, 3.63) is 78.1 Å². The molecule has 0 spiro atoms. The molecule has 4 aromatic rings. The normalized spacial score (nSPS) is 11.9. The summed E-state index contributed by atoms with van der Waals surface area (Å²) in [6.45, 7) is 0. The first-order chi connectivity index (χ1) is 12.0. The summed E-state index contributed by atoms with van der Waals surface area (Å²) in [6.07, 6.45) is 1.83. The highest BCUT2D eigenvalue weighted by Gasteiger charge is 2.08. The van der Waals surface area contributed by atoms with Gasteiger partial charge in [0.25, 0.3) is 0 Å². The monoisotopic (exact) mass is 351 g/mol. The minimum absolute atomic E-state index is 0.535. The van der Waals surface area contributed by atoms with Gasteiger partial charge in [0.2, 0.25) is 10.0 Å². The minimum Gasteiger partial charge on any atom is -0.461 e. The van der Waals surface area contributed by atoms with E-state index in [0.717, 1.165) is 23.0 Å². The molecule has 3 aromatic carbocycles. The van der Waals surface area contributed by atoms with Crippen LogP contribution in [-0.2, 0) is 16.4 Å². The molecule has 0 aliphatic heterocycles. The second kappa shape index (κ2) is 5.93. The van der Waals surface area contributed by atoms with Gasteiger partial charge in [-0.25, -0.2) is 8.42 Å². The zero-order valence-corrected chi connectivity index (χ0v) is 14.5. The zero-order valence-electron chi connectivity index (χ0n) is 13.7. The van der Waals surface area contributed by atoms with Gasteiger partial charge in [-0.2, -0.15) is 0 Å². The van der Waals surface area contributed by atoms with Crippen LogP contribution in [0.4, 0.5) is 5.69 Å². The fourth-order valence-corrected chi connectivity index (χ4v) is 3.57. The van der Waals surface area contributed by atoms with E-state index in [9.17, 15) is 8.42 Å². The summed E-state index contributed by atoms with van der Waals surface area (Å²) in [5, 5.41) is 3.30. The molecule has 4 nitrogen and oxygen atoms in total. The van der Waals surface area contributed by atoms with Crippen molar-refractivity contribution in [2.45, 2.75) is 6.42 Å². The van der Waals surface area contributed by atoms with Gasteiger partial charge < -0.3 is 4.42 Å². The molecule has 126 valence electrons. The number of rotatable bonds is 4. The summed E-state index contributed by atoms with van der Waals surface area (Å²) in [4.78, 5) is 0. The van der Waals surface area contributed by atoms with Gasteiger partial charge in [0.1, 0.15) is 11.3 Å². The molecule has 4 rings (SSSR count). The Morgan fingerprint density at radius 2 is 1.68 bits per heavy atom. The molecule has 5 heteroatoms. The number of hydrogen-bond acceptors (Lipinski definition) is 3. The van der Waals surface area contributed by atoms with Gasteiger partial charge in [-0.1, -0.05) is 42.5 Å². The highest BCUT2D eigenvalue weighted by molar-refractivity contribution is 7.92. The van der Waals surface area contributed by atoms with Gasteiger partial charge in [0.15, 0.2) is 0 Å². The van der Waals surface area contributed by atoms with Crippen LogP contribution in [0.3, 0.4) is 0 Å². The van der Waals surface area contributed by atoms with E-state index in [1.54, 1.807) is 18.2 Å². The third-order valence-corrected chi connectivity index (χ3v) is 4.67. The summed E-state index contributed by atoms with van der Waals surface area (Å²) in [5.74, 6) is 0.849. The Hall–Kier alpha value is -2.79. The van der Waals surface area contributed by atoms with Crippen LogP contribution in [0.25, 0.3) is 21.7 Å². The number of hydrogen-bond donors (Lipinski definition) is 1. The third kappa shape index (κ3) is 3.51. The minimum atomic E-state index is -3.29. The molecule has 0 aliphatic rings. The van der Waals surface area contributed by atoms with Gasteiger partial charge >= 0.3 is 0 Å². The van der Waals surface area contributed by atoms with E-state index < -0.39 is 10.0 Å². The second-order valence-corrected chi connectivity index (χ2v) is 7.95. The molecule has 1 aromatic heterocycles. The van der Waals surface area contributed by atoms with Gasteiger partial charge in [-0.15, -0.1) is 0 Å². The van der Waals surface area contributed by atoms with E-state index in [4.69, 9.17) is 4.42 Å². The van der Waals surface area contributed by atoms with Crippen molar-refractivity contribution in [1.82, 2.24) is 0 Å². The van der Waals surface area contributed by atoms with Gasteiger partial charge in [0, 0.05) is 17.5 Å². The van der Waals surface area contributed by atoms with Crippen LogP contribution in [0.2, 0.25) is 0 Å². The van der Waals surface area contributed by atoms with Gasteiger partial charge in [-0.3, -0.25) is 4.72 Å². The lowest BCUT2D eigenvalue weighted by Gasteiger charge is -2.02. The Morgan fingerprint density at radius 3 is 2.48 bits per heavy atom. The van der Waals surface area contributed by atoms with Crippen molar-refractivity contribution in [1.29, 1.82) is 0 Å². The van der Waals surface area contributed by atoms with Crippen molar-refractivity contribution in [3.8, 4) is 0 Å². The average Bonchev–Trinajstić information content (AvgIpc) is 2.94. The maximum atomic E-state index is 11.4. The van der Waals surface area contributed by atoms with Crippen molar-refractivity contribution < 1.29 is 12.8 Å². The molecule has 0 saturated carbocycles. The molecule has 0 amide bonds. The standard InChI is InChI=1S/C20H17NO3S/c1-25(22,23)21-18-8-9-20-17(12-18)13-19(24-20)11-14-6-7-15-4-2-3-5-16(15)10-14/h2-10,12-13,21H,11H2,1H3. The number of fused-ring (bicyclic) bond motifs is 2. The molecule has 0 bridgehead atoms. The topological polar surface area (TPSA) is 59.3 Å². The first-order valence-corrected chi connectivity index (χ1v) is 9.83. The number of nitrogens with one attached hydrogen (secondary N) is 1. The fraction of sp³-hybridized carbons (Fsp3) is 0.100. The maximum Gasteiger partial charge on any atom is 0.229 e. The molecule has 0 atom stereocenters. The maximum absolute atomic E-state index is 11.4. The number of benzene rings is 3. The van der Waals surface area contributed by atoms with E-state index in [1.165, 1.54) is 16.3 Å². The fourth-order valence-electron chi connectivity index (χ4n) is 3.01.